The molecule has 2 aromatic carbocycles. The standard InChI is InChI=1S/C24H21N3O2S/c1-14(2)19-13-12-18-20(25)22(30-24(18)27-19)23(29)26-17-10-8-16(9-11-17)21(28)15-6-4-3-5-7-15/h3-14H,25H2,1-2H3,(H,26,29). The van der Waals surface area contributed by atoms with E-state index in [-0.39, 0.29) is 11.7 Å². The number of rotatable bonds is 5. The van der Waals surface area contributed by atoms with Gasteiger partial charge in [-0.2, -0.15) is 0 Å². The molecule has 0 aliphatic rings. The van der Waals surface area contributed by atoms with Crippen LogP contribution in [0.15, 0.2) is 66.7 Å². The molecule has 0 aliphatic heterocycles. The summed E-state index contributed by atoms with van der Waals surface area (Å²) in [6.07, 6.45) is 0. The number of hydrogen-bond donors (Lipinski definition) is 2. The van der Waals surface area contributed by atoms with Gasteiger partial charge in [-0.25, -0.2) is 4.98 Å². The molecule has 0 unspecified atom stereocenters. The van der Waals surface area contributed by atoms with Gasteiger partial charge in [-0.3, -0.25) is 9.59 Å². The number of benzene rings is 2. The van der Waals surface area contributed by atoms with Crippen molar-refractivity contribution >= 4 is 44.6 Å². The number of nitrogens with one attached hydrogen (secondary N) is 1. The lowest BCUT2D eigenvalue weighted by molar-refractivity contribution is 0.102. The molecular formula is C24H21N3O2S. The predicted octanol–water partition coefficient (Wildman–Crippen LogP) is 5.49. The van der Waals surface area contributed by atoms with E-state index in [1.807, 2.05) is 30.3 Å². The van der Waals surface area contributed by atoms with Crippen molar-refractivity contribution in [1.29, 1.82) is 0 Å². The Bertz CT molecular complexity index is 1230. The minimum atomic E-state index is -0.288. The Balaban J connectivity index is 1.54. The average molecular weight is 416 g/mol. The second kappa shape index (κ2) is 8.08. The summed E-state index contributed by atoms with van der Waals surface area (Å²) in [5.41, 5.74) is 9.40. The monoisotopic (exact) mass is 415 g/mol. The molecule has 150 valence electrons. The van der Waals surface area contributed by atoms with E-state index in [9.17, 15) is 9.59 Å². The van der Waals surface area contributed by atoms with Gasteiger partial charge in [-0.1, -0.05) is 44.2 Å². The lowest BCUT2D eigenvalue weighted by Gasteiger charge is -2.06. The summed E-state index contributed by atoms with van der Waals surface area (Å²) in [6.45, 7) is 4.15. The number of carbonyl (C=O) groups excluding carboxylic acids is 2. The maximum Gasteiger partial charge on any atom is 0.267 e. The molecule has 0 fully saturated rings. The van der Waals surface area contributed by atoms with Gasteiger partial charge < -0.3 is 11.1 Å². The maximum atomic E-state index is 12.8. The molecule has 6 heteroatoms. The third kappa shape index (κ3) is 3.82. The number of anilines is 2. The van der Waals surface area contributed by atoms with E-state index in [1.165, 1.54) is 11.3 Å². The number of nitrogen functional groups attached to an aromatic ring is 1. The first-order valence-electron chi connectivity index (χ1n) is 9.64. The van der Waals surface area contributed by atoms with Gasteiger partial charge in [0.2, 0.25) is 0 Å². The Kier molecular flexibility index (Phi) is 5.33. The van der Waals surface area contributed by atoms with Gasteiger partial charge in [-0.15, -0.1) is 11.3 Å². The van der Waals surface area contributed by atoms with Crippen LogP contribution in [0.2, 0.25) is 0 Å². The lowest BCUT2D eigenvalue weighted by Crippen LogP contribution is -2.12. The minimum absolute atomic E-state index is 0.0609. The van der Waals surface area contributed by atoms with Crippen molar-refractivity contribution in [2.24, 2.45) is 0 Å². The van der Waals surface area contributed by atoms with Gasteiger partial charge in [0, 0.05) is 27.9 Å². The average Bonchev–Trinajstić information content (AvgIpc) is 3.10. The van der Waals surface area contributed by atoms with Crippen LogP contribution >= 0.6 is 11.3 Å². The Hall–Kier alpha value is -3.51. The first-order valence-corrected chi connectivity index (χ1v) is 10.5. The molecule has 0 atom stereocenters. The number of fused-ring (bicyclic) bond motifs is 1. The van der Waals surface area contributed by atoms with Crippen LogP contribution in [0.4, 0.5) is 11.4 Å². The number of nitrogens with zero attached hydrogens (tertiary/aromatic N) is 1. The van der Waals surface area contributed by atoms with Gasteiger partial charge in [0.15, 0.2) is 5.78 Å². The highest BCUT2D eigenvalue weighted by Gasteiger charge is 2.18. The van der Waals surface area contributed by atoms with E-state index in [2.05, 4.69) is 24.1 Å². The highest BCUT2D eigenvalue weighted by molar-refractivity contribution is 7.21. The molecular weight excluding hydrogens is 394 g/mol. The molecule has 2 aromatic heterocycles. The van der Waals surface area contributed by atoms with E-state index < -0.39 is 0 Å². The van der Waals surface area contributed by atoms with Crippen LogP contribution in [-0.4, -0.2) is 16.7 Å². The second-order valence-electron chi connectivity index (χ2n) is 7.32. The van der Waals surface area contributed by atoms with Crippen LogP contribution in [0.5, 0.6) is 0 Å². The second-order valence-corrected chi connectivity index (χ2v) is 8.31. The van der Waals surface area contributed by atoms with E-state index in [0.717, 1.165) is 15.9 Å². The highest BCUT2D eigenvalue weighted by Crippen LogP contribution is 2.34. The fraction of sp³-hybridized carbons (Fsp3) is 0.125. The molecule has 4 rings (SSSR count). The largest absolute Gasteiger partial charge is 0.397 e. The smallest absolute Gasteiger partial charge is 0.267 e. The normalized spacial score (nSPS) is 11.0. The van der Waals surface area contributed by atoms with E-state index in [1.54, 1.807) is 36.4 Å². The summed E-state index contributed by atoms with van der Waals surface area (Å²) in [5, 5.41) is 3.65. The summed E-state index contributed by atoms with van der Waals surface area (Å²) in [6, 6.07) is 19.8. The number of hydrogen-bond acceptors (Lipinski definition) is 5. The highest BCUT2D eigenvalue weighted by atomic mass is 32.1. The number of nitrogens with two attached hydrogens (primary N) is 1. The molecule has 3 N–H and O–H groups in total. The number of amides is 1. The van der Waals surface area contributed by atoms with Crippen LogP contribution < -0.4 is 11.1 Å². The van der Waals surface area contributed by atoms with Gasteiger partial charge >= 0.3 is 0 Å². The van der Waals surface area contributed by atoms with E-state index in [4.69, 9.17) is 5.73 Å². The molecule has 0 saturated carbocycles. The van der Waals surface area contributed by atoms with Gasteiger partial charge in [0.1, 0.15) is 9.71 Å². The number of thiophene rings is 1. The van der Waals surface area contributed by atoms with Crippen molar-refractivity contribution < 1.29 is 9.59 Å². The van der Waals surface area contributed by atoms with Gasteiger partial charge in [0.25, 0.3) is 5.91 Å². The van der Waals surface area contributed by atoms with Gasteiger partial charge in [0.05, 0.1) is 5.69 Å². The van der Waals surface area contributed by atoms with Crippen LogP contribution in [0.25, 0.3) is 10.2 Å². The zero-order valence-corrected chi connectivity index (χ0v) is 17.5. The molecule has 30 heavy (non-hydrogen) atoms. The van der Waals surface area contributed by atoms with Gasteiger partial charge in [-0.05, 0) is 42.3 Å². The van der Waals surface area contributed by atoms with Crippen molar-refractivity contribution in [3.63, 3.8) is 0 Å². The van der Waals surface area contributed by atoms with Crippen LogP contribution in [0.3, 0.4) is 0 Å². The Morgan fingerprint density at radius 2 is 1.60 bits per heavy atom. The Labute approximate surface area is 178 Å². The summed E-state index contributed by atoms with van der Waals surface area (Å²) < 4.78 is 0. The number of ketones is 1. The zero-order valence-electron chi connectivity index (χ0n) is 16.7. The van der Waals surface area contributed by atoms with Crippen molar-refractivity contribution in [2.45, 2.75) is 19.8 Å². The molecule has 0 aliphatic carbocycles. The SMILES string of the molecule is CC(C)c1ccc2c(N)c(C(=O)Nc3ccc(C(=O)c4ccccc4)cc3)sc2n1. The van der Waals surface area contributed by atoms with Crippen LogP contribution in [0.1, 0.15) is 51.1 Å². The lowest BCUT2D eigenvalue weighted by atomic mass is 10.0. The fourth-order valence-electron chi connectivity index (χ4n) is 3.15. The van der Waals surface area contributed by atoms with E-state index in [0.29, 0.717) is 33.3 Å². The van der Waals surface area contributed by atoms with E-state index >= 15 is 0 Å². The molecule has 0 radical (unpaired) electrons. The zero-order chi connectivity index (χ0) is 21.3. The minimum Gasteiger partial charge on any atom is -0.397 e. The summed E-state index contributed by atoms with van der Waals surface area (Å²) >= 11 is 1.29. The number of pyridine rings is 1. The van der Waals surface area contributed by atoms with Crippen molar-refractivity contribution in [2.75, 3.05) is 11.1 Å². The fourth-order valence-corrected chi connectivity index (χ4v) is 4.15. The van der Waals surface area contributed by atoms with Crippen molar-refractivity contribution in [3.8, 4) is 0 Å². The molecule has 4 aromatic rings. The van der Waals surface area contributed by atoms with Crippen LogP contribution in [0, 0.1) is 0 Å². The topological polar surface area (TPSA) is 85.1 Å². The Morgan fingerprint density at radius 3 is 2.27 bits per heavy atom. The number of carbonyl (C=O) groups is 2. The summed E-state index contributed by atoms with van der Waals surface area (Å²) in [4.78, 5) is 31.1. The third-order valence-corrected chi connectivity index (χ3v) is 5.97. The molecule has 0 bridgehead atoms. The number of aromatic nitrogens is 1. The molecule has 1 amide bonds. The predicted molar refractivity (Wildman–Crippen MR) is 122 cm³/mol. The first kappa shape index (κ1) is 19.8. The summed E-state index contributed by atoms with van der Waals surface area (Å²) in [5.74, 6) is -0.0508. The van der Waals surface area contributed by atoms with Crippen molar-refractivity contribution in [3.05, 3.63) is 88.4 Å². The molecule has 0 spiro atoms. The summed E-state index contributed by atoms with van der Waals surface area (Å²) in [7, 11) is 0. The Morgan fingerprint density at radius 1 is 0.933 bits per heavy atom. The maximum absolute atomic E-state index is 12.8. The van der Waals surface area contributed by atoms with Crippen molar-refractivity contribution in [1.82, 2.24) is 4.98 Å². The molecule has 0 saturated heterocycles. The first-order chi connectivity index (χ1) is 14.4. The van der Waals surface area contributed by atoms with Crippen LogP contribution in [-0.2, 0) is 0 Å². The molecule has 2 heterocycles. The third-order valence-electron chi connectivity index (χ3n) is 4.85. The molecule has 5 nitrogen and oxygen atoms in total. The quantitative estimate of drug-likeness (QED) is 0.422.